The summed E-state index contributed by atoms with van der Waals surface area (Å²) in [6.45, 7) is 8.71. The molecule has 232 valence electrons. The molecule has 1 aliphatic heterocycles. The fraction of sp³-hybridized carbons (Fsp3) is 0.286. The van der Waals surface area contributed by atoms with Crippen LogP contribution in [0, 0.1) is 19.8 Å². The van der Waals surface area contributed by atoms with E-state index in [-0.39, 0.29) is 11.3 Å². The molecule has 2 aromatic heterocycles. The quantitative estimate of drug-likeness (QED) is 0.156. The van der Waals surface area contributed by atoms with Crippen molar-refractivity contribution in [3.05, 3.63) is 88.4 Å². The van der Waals surface area contributed by atoms with Crippen molar-refractivity contribution in [1.82, 2.24) is 4.98 Å². The average Bonchev–Trinajstić information content (AvgIpc) is 3.71. The van der Waals surface area contributed by atoms with Crippen LogP contribution in [0.5, 0.6) is 17.2 Å². The zero-order valence-electron chi connectivity index (χ0n) is 26.0. The molecule has 5 aromatic rings. The van der Waals surface area contributed by atoms with Crippen LogP contribution >= 0.6 is 11.3 Å². The van der Waals surface area contributed by atoms with E-state index in [4.69, 9.17) is 23.6 Å². The number of anilines is 1. The van der Waals surface area contributed by atoms with Crippen LogP contribution in [0.1, 0.15) is 53.6 Å². The van der Waals surface area contributed by atoms with Crippen LogP contribution in [0.4, 0.5) is 5.13 Å². The lowest BCUT2D eigenvalue weighted by Crippen LogP contribution is -2.31. The minimum atomic E-state index is -1.03. The van der Waals surface area contributed by atoms with Gasteiger partial charge in [0.15, 0.2) is 39.5 Å². The maximum atomic E-state index is 14.2. The second-order valence-corrected chi connectivity index (χ2v) is 12.5. The lowest BCUT2D eigenvalue weighted by atomic mass is 9.95. The van der Waals surface area contributed by atoms with Crippen LogP contribution in [0.2, 0.25) is 0 Å². The van der Waals surface area contributed by atoms with E-state index in [1.54, 1.807) is 42.5 Å². The molecule has 0 saturated carbocycles. The Hall–Kier alpha value is -4.83. The van der Waals surface area contributed by atoms with E-state index in [1.807, 2.05) is 26.0 Å². The Balaban J connectivity index is 1.49. The first kappa shape index (κ1) is 30.2. The van der Waals surface area contributed by atoms with Crippen molar-refractivity contribution in [2.24, 2.45) is 5.92 Å². The number of methoxy groups -OCH3 is 2. The number of rotatable bonds is 10. The Morgan fingerprint density at radius 1 is 1.04 bits per heavy atom. The zero-order chi connectivity index (χ0) is 32.0. The topological polar surface area (TPSA) is 111 Å². The molecule has 0 aliphatic carbocycles. The Bertz CT molecular complexity index is 1990. The second-order valence-electron chi connectivity index (χ2n) is 11.5. The summed E-state index contributed by atoms with van der Waals surface area (Å²) in [4.78, 5) is 34.3. The van der Waals surface area contributed by atoms with Gasteiger partial charge < -0.3 is 23.7 Å². The molecule has 0 radical (unpaired) electrons. The summed E-state index contributed by atoms with van der Waals surface area (Å²) in [5.74, 6) is -0.163. The fourth-order valence-corrected chi connectivity index (χ4v) is 6.80. The van der Waals surface area contributed by atoms with Crippen LogP contribution in [0.25, 0.3) is 21.2 Å². The van der Waals surface area contributed by atoms with Gasteiger partial charge in [0.2, 0.25) is 5.78 Å². The number of benzene rings is 3. The van der Waals surface area contributed by atoms with Gasteiger partial charge in [0, 0.05) is 5.39 Å². The highest BCUT2D eigenvalue weighted by molar-refractivity contribution is 7.22. The van der Waals surface area contributed by atoms with Crippen molar-refractivity contribution in [2.75, 3.05) is 25.7 Å². The molecule has 6 rings (SSSR count). The van der Waals surface area contributed by atoms with E-state index < -0.39 is 23.5 Å². The molecule has 9 nitrogen and oxygen atoms in total. The lowest BCUT2D eigenvalue weighted by molar-refractivity contribution is -0.117. The Kier molecular flexibility index (Phi) is 8.01. The number of amides is 1. The van der Waals surface area contributed by atoms with Crippen molar-refractivity contribution in [2.45, 2.75) is 40.2 Å². The molecule has 3 aromatic carbocycles. The molecule has 0 spiro atoms. The molecule has 0 saturated heterocycles. The molecule has 10 heteroatoms. The summed E-state index contributed by atoms with van der Waals surface area (Å²) in [6, 6.07) is 15.2. The van der Waals surface area contributed by atoms with Crippen molar-refractivity contribution >= 4 is 49.3 Å². The molecule has 45 heavy (non-hydrogen) atoms. The number of para-hydroxylation sites is 1. The maximum Gasteiger partial charge on any atom is 0.296 e. The Morgan fingerprint density at radius 3 is 2.56 bits per heavy atom. The fourth-order valence-electron chi connectivity index (χ4n) is 5.63. The van der Waals surface area contributed by atoms with E-state index in [0.29, 0.717) is 51.4 Å². The van der Waals surface area contributed by atoms with Gasteiger partial charge in [-0.1, -0.05) is 49.4 Å². The highest BCUT2D eigenvalue weighted by Crippen LogP contribution is 2.46. The van der Waals surface area contributed by atoms with Crippen LogP contribution < -0.4 is 19.1 Å². The van der Waals surface area contributed by atoms with E-state index >= 15 is 0 Å². The van der Waals surface area contributed by atoms with Gasteiger partial charge in [-0.25, -0.2) is 4.98 Å². The first-order valence-corrected chi connectivity index (χ1v) is 15.5. The maximum absolute atomic E-state index is 14.2. The standard InChI is InChI=1S/C35H34N2O7S/c1-18(2)12-13-43-23-11-10-21(16-25(23)42-6)30-28(31(38)26-17-22-8-7-9-24(41-5)33(22)44-26)32(39)34(40)37(30)35-36-29-20(4)14-19(3)15-27(29)45-35/h7-11,14-18,30,39H,12-13H2,1-6H3. The number of ether oxygens (including phenoxy) is 3. The number of hydrogen-bond donors (Lipinski definition) is 1. The number of furan rings is 1. The summed E-state index contributed by atoms with van der Waals surface area (Å²) in [5, 5.41) is 12.4. The number of nitrogens with zero attached hydrogens (tertiary/aromatic N) is 2. The first-order valence-electron chi connectivity index (χ1n) is 14.7. The van der Waals surface area contributed by atoms with Crippen LogP contribution in [0.3, 0.4) is 0 Å². The molecule has 1 aliphatic rings. The van der Waals surface area contributed by atoms with E-state index in [9.17, 15) is 14.7 Å². The van der Waals surface area contributed by atoms with Crippen LogP contribution in [0.15, 0.2) is 70.3 Å². The van der Waals surface area contributed by atoms with E-state index in [0.717, 1.165) is 27.8 Å². The smallest absolute Gasteiger partial charge is 0.296 e. The molecule has 0 bridgehead atoms. The number of carbonyl (C=O) groups excluding carboxylic acids is 2. The van der Waals surface area contributed by atoms with Crippen molar-refractivity contribution in [1.29, 1.82) is 0 Å². The SMILES string of the molecule is COc1cc(C2C(C(=O)c3cc4cccc(OC)c4o3)=C(O)C(=O)N2c2nc3c(C)cc(C)cc3s2)ccc1OCCC(C)C. The summed E-state index contributed by atoms with van der Waals surface area (Å²) in [7, 11) is 3.05. The van der Waals surface area contributed by atoms with Gasteiger partial charge in [-0.2, -0.15) is 0 Å². The van der Waals surface area contributed by atoms with Gasteiger partial charge in [-0.3, -0.25) is 14.5 Å². The molecule has 0 fully saturated rings. The monoisotopic (exact) mass is 626 g/mol. The highest BCUT2D eigenvalue weighted by Gasteiger charge is 2.47. The number of aromatic nitrogens is 1. The summed E-state index contributed by atoms with van der Waals surface area (Å²) in [5.41, 5.74) is 3.58. The van der Waals surface area contributed by atoms with Gasteiger partial charge in [0.05, 0.1) is 42.7 Å². The number of aliphatic hydroxyl groups is 1. The number of carbonyl (C=O) groups is 2. The lowest BCUT2D eigenvalue weighted by Gasteiger charge is -2.25. The normalized spacial score (nSPS) is 15.1. The van der Waals surface area contributed by atoms with Gasteiger partial charge in [-0.05, 0) is 73.2 Å². The summed E-state index contributed by atoms with van der Waals surface area (Å²) >= 11 is 1.32. The Morgan fingerprint density at radius 2 is 1.82 bits per heavy atom. The van der Waals surface area contributed by atoms with Crippen LogP contribution in [-0.4, -0.2) is 42.6 Å². The number of thiazole rings is 1. The van der Waals surface area contributed by atoms with Crippen molar-refractivity contribution in [3.8, 4) is 17.2 Å². The Labute approximate surface area is 264 Å². The number of hydrogen-bond acceptors (Lipinski definition) is 9. The third kappa shape index (κ3) is 5.39. The third-order valence-electron chi connectivity index (χ3n) is 7.89. The van der Waals surface area contributed by atoms with Gasteiger partial charge in [0.25, 0.3) is 5.91 Å². The predicted octanol–water partition coefficient (Wildman–Crippen LogP) is 7.88. The zero-order valence-corrected chi connectivity index (χ0v) is 26.8. The number of aryl methyl sites for hydroxylation is 2. The molecular weight excluding hydrogens is 592 g/mol. The number of ketones is 1. The largest absolute Gasteiger partial charge is 0.503 e. The number of fused-ring (bicyclic) bond motifs is 2. The van der Waals surface area contributed by atoms with Crippen molar-refractivity contribution < 1.29 is 33.3 Å². The predicted molar refractivity (Wildman–Crippen MR) is 174 cm³/mol. The molecular formula is C35H34N2O7S. The highest BCUT2D eigenvalue weighted by atomic mass is 32.1. The third-order valence-corrected chi connectivity index (χ3v) is 8.89. The van der Waals surface area contributed by atoms with Crippen LogP contribution in [-0.2, 0) is 4.79 Å². The van der Waals surface area contributed by atoms with Gasteiger partial charge in [-0.15, -0.1) is 0 Å². The van der Waals surface area contributed by atoms with E-state index in [2.05, 4.69) is 13.8 Å². The molecule has 1 amide bonds. The molecule has 1 atom stereocenters. The summed E-state index contributed by atoms with van der Waals surface area (Å²) in [6.07, 6.45) is 0.865. The molecule has 1 unspecified atom stereocenters. The summed E-state index contributed by atoms with van der Waals surface area (Å²) < 4.78 is 24.0. The first-order chi connectivity index (χ1) is 21.6. The van der Waals surface area contributed by atoms with Crippen molar-refractivity contribution in [3.63, 3.8) is 0 Å². The minimum absolute atomic E-state index is 0.0351. The van der Waals surface area contributed by atoms with Gasteiger partial charge >= 0.3 is 0 Å². The minimum Gasteiger partial charge on any atom is -0.503 e. The number of aliphatic hydroxyl groups excluding tert-OH is 1. The number of Topliss-reactive ketones (excluding diaryl/α,β-unsaturated/α-hetero) is 1. The average molecular weight is 627 g/mol. The second kappa shape index (κ2) is 11.9. The van der Waals surface area contributed by atoms with E-state index in [1.165, 1.54) is 30.5 Å². The molecule has 1 N–H and O–H groups in total. The molecule has 3 heterocycles. The van der Waals surface area contributed by atoms with Gasteiger partial charge in [0.1, 0.15) is 0 Å².